The van der Waals surface area contributed by atoms with Gasteiger partial charge in [0.05, 0.1) is 20.8 Å². The molecule has 0 unspecified atom stereocenters. The number of alkyl halides is 2. The number of carbonyl (C=O) groups excluding carboxylic acids is 2. The Kier molecular flexibility index (Phi) is 8.76. The van der Waals surface area contributed by atoms with Gasteiger partial charge in [0.2, 0.25) is 11.8 Å². The van der Waals surface area contributed by atoms with Gasteiger partial charge in [0, 0.05) is 30.4 Å². The van der Waals surface area contributed by atoms with Gasteiger partial charge in [-0.1, -0.05) is 12.1 Å². The number of carbonyl (C=O) groups is 2. The molecule has 0 spiro atoms. The number of amides is 2. The Hall–Kier alpha value is -4.41. The van der Waals surface area contributed by atoms with E-state index in [1.165, 1.54) is 25.3 Å². The molecular formula is C24H23F2N3O6. The molecule has 184 valence electrons. The Morgan fingerprint density at radius 1 is 0.943 bits per heavy atom. The van der Waals surface area contributed by atoms with E-state index >= 15 is 0 Å². The van der Waals surface area contributed by atoms with Gasteiger partial charge in [0.1, 0.15) is 11.5 Å². The molecule has 0 radical (unpaired) electrons. The number of halogens is 2. The van der Waals surface area contributed by atoms with Crippen molar-refractivity contribution in [3.63, 3.8) is 0 Å². The monoisotopic (exact) mass is 487 g/mol. The lowest BCUT2D eigenvalue weighted by atomic mass is 10.2. The van der Waals surface area contributed by atoms with Crippen molar-refractivity contribution >= 4 is 11.8 Å². The van der Waals surface area contributed by atoms with E-state index in [1.807, 2.05) is 0 Å². The van der Waals surface area contributed by atoms with E-state index in [0.717, 1.165) is 5.56 Å². The van der Waals surface area contributed by atoms with E-state index in [4.69, 9.17) is 14.2 Å². The zero-order valence-corrected chi connectivity index (χ0v) is 18.9. The third-order valence-corrected chi connectivity index (χ3v) is 4.60. The summed E-state index contributed by atoms with van der Waals surface area (Å²) in [4.78, 5) is 28.6. The molecule has 2 N–H and O–H groups in total. The average Bonchev–Trinajstić information content (AvgIpc) is 2.86. The second-order valence-electron chi connectivity index (χ2n) is 6.99. The molecule has 2 amide bonds. The fourth-order valence-corrected chi connectivity index (χ4v) is 2.89. The fraction of sp³-hybridized carbons (Fsp3) is 0.208. The SMILES string of the molecule is COc1cccc(Oc2ccc(CNC(=O)CNC(=O)c3ccc(OC(F)F)c(OC)c3)cn2)c1. The zero-order chi connectivity index (χ0) is 25.2. The molecule has 1 aromatic heterocycles. The summed E-state index contributed by atoms with van der Waals surface area (Å²) >= 11 is 0. The summed E-state index contributed by atoms with van der Waals surface area (Å²) in [5.74, 6) is 0.357. The number of aromatic nitrogens is 1. The van der Waals surface area contributed by atoms with Crippen LogP contribution in [0.1, 0.15) is 15.9 Å². The van der Waals surface area contributed by atoms with Crippen molar-refractivity contribution in [2.75, 3.05) is 20.8 Å². The van der Waals surface area contributed by atoms with Crippen molar-refractivity contribution in [1.82, 2.24) is 15.6 Å². The third kappa shape index (κ3) is 7.56. The first-order valence-corrected chi connectivity index (χ1v) is 10.3. The van der Waals surface area contributed by atoms with Gasteiger partial charge in [0.15, 0.2) is 11.5 Å². The molecule has 2 aromatic carbocycles. The summed E-state index contributed by atoms with van der Waals surface area (Å²) in [5.41, 5.74) is 0.842. The smallest absolute Gasteiger partial charge is 0.387 e. The van der Waals surface area contributed by atoms with Gasteiger partial charge in [-0.15, -0.1) is 0 Å². The number of benzene rings is 2. The van der Waals surface area contributed by atoms with E-state index < -0.39 is 18.4 Å². The second-order valence-corrected chi connectivity index (χ2v) is 6.99. The van der Waals surface area contributed by atoms with Crippen LogP contribution in [0.15, 0.2) is 60.8 Å². The molecule has 0 aliphatic heterocycles. The number of pyridine rings is 1. The highest BCUT2D eigenvalue weighted by atomic mass is 19.3. The number of nitrogens with one attached hydrogen (secondary N) is 2. The van der Waals surface area contributed by atoms with Crippen molar-refractivity contribution in [3.05, 3.63) is 71.9 Å². The molecule has 35 heavy (non-hydrogen) atoms. The normalized spacial score (nSPS) is 10.4. The first-order chi connectivity index (χ1) is 16.9. The zero-order valence-electron chi connectivity index (χ0n) is 18.9. The van der Waals surface area contributed by atoms with E-state index in [1.54, 1.807) is 49.7 Å². The molecule has 11 heteroatoms. The lowest BCUT2D eigenvalue weighted by Crippen LogP contribution is -2.36. The van der Waals surface area contributed by atoms with Crippen LogP contribution in [-0.4, -0.2) is 44.2 Å². The third-order valence-electron chi connectivity index (χ3n) is 4.60. The van der Waals surface area contributed by atoms with Gasteiger partial charge in [-0.05, 0) is 35.9 Å². The van der Waals surface area contributed by atoms with Gasteiger partial charge in [-0.25, -0.2) is 4.98 Å². The summed E-state index contributed by atoms with van der Waals surface area (Å²) in [5, 5.41) is 5.12. The van der Waals surface area contributed by atoms with Crippen LogP contribution in [-0.2, 0) is 11.3 Å². The molecule has 0 saturated heterocycles. The molecule has 1 heterocycles. The standard InChI is InChI=1S/C24H23F2N3O6/c1-32-17-4-3-5-18(11-17)34-22-9-6-15(13-28-22)12-27-21(30)14-29-23(31)16-7-8-19(35-24(25)26)20(10-16)33-2/h3-11,13,24H,12,14H2,1-2H3,(H,27,30)(H,29,31). The van der Waals surface area contributed by atoms with Gasteiger partial charge >= 0.3 is 6.61 Å². The minimum Gasteiger partial charge on any atom is -0.497 e. The topological polar surface area (TPSA) is 108 Å². The van der Waals surface area contributed by atoms with Gasteiger partial charge < -0.3 is 29.6 Å². The summed E-state index contributed by atoms with van der Waals surface area (Å²) in [6.45, 7) is -3.13. The largest absolute Gasteiger partial charge is 0.497 e. The van der Waals surface area contributed by atoms with Crippen molar-refractivity contribution in [3.8, 4) is 28.9 Å². The molecule has 3 rings (SSSR count). The highest BCUT2D eigenvalue weighted by molar-refractivity contribution is 5.97. The summed E-state index contributed by atoms with van der Waals surface area (Å²) < 4.78 is 44.9. The molecule has 9 nitrogen and oxygen atoms in total. The quantitative estimate of drug-likeness (QED) is 0.426. The van der Waals surface area contributed by atoms with Crippen LogP contribution in [0.4, 0.5) is 8.78 Å². The Morgan fingerprint density at radius 3 is 2.43 bits per heavy atom. The van der Waals surface area contributed by atoms with Gasteiger partial charge in [0.25, 0.3) is 5.91 Å². The van der Waals surface area contributed by atoms with Crippen molar-refractivity contribution in [2.24, 2.45) is 0 Å². The highest BCUT2D eigenvalue weighted by Gasteiger charge is 2.15. The maximum atomic E-state index is 12.4. The number of hydrogen-bond donors (Lipinski definition) is 2. The van der Waals surface area contributed by atoms with Crippen molar-refractivity contribution < 1.29 is 37.3 Å². The van der Waals surface area contributed by atoms with Crippen molar-refractivity contribution in [2.45, 2.75) is 13.2 Å². The second kappa shape index (κ2) is 12.2. The lowest BCUT2D eigenvalue weighted by molar-refractivity contribution is -0.120. The maximum absolute atomic E-state index is 12.4. The predicted octanol–water partition coefficient (Wildman–Crippen LogP) is 3.54. The molecule has 0 atom stereocenters. The van der Waals surface area contributed by atoms with E-state index in [2.05, 4.69) is 20.4 Å². The summed E-state index contributed by atoms with van der Waals surface area (Å²) in [7, 11) is 2.82. The first kappa shape index (κ1) is 25.2. The van der Waals surface area contributed by atoms with Crippen LogP contribution in [0.25, 0.3) is 0 Å². The highest BCUT2D eigenvalue weighted by Crippen LogP contribution is 2.29. The molecule has 0 saturated carbocycles. The van der Waals surface area contributed by atoms with Gasteiger partial charge in [-0.2, -0.15) is 8.78 Å². The van der Waals surface area contributed by atoms with Crippen LogP contribution in [0, 0.1) is 0 Å². The molecule has 0 aliphatic rings. The van der Waals surface area contributed by atoms with Crippen molar-refractivity contribution in [1.29, 1.82) is 0 Å². The van der Waals surface area contributed by atoms with Crippen LogP contribution in [0.3, 0.4) is 0 Å². The Morgan fingerprint density at radius 2 is 1.74 bits per heavy atom. The number of ether oxygens (including phenoxy) is 4. The molecular weight excluding hydrogens is 464 g/mol. The molecule has 0 fully saturated rings. The predicted molar refractivity (Wildman–Crippen MR) is 121 cm³/mol. The maximum Gasteiger partial charge on any atom is 0.387 e. The minimum absolute atomic E-state index is 0.0336. The first-order valence-electron chi connectivity index (χ1n) is 10.3. The van der Waals surface area contributed by atoms with Crippen LogP contribution >= 0.6 is 0 Å². The number of nitrogens with zero attached hydrogens (tertiary/aromatic N) is 1. The van der Waals surface area contributed by atoms with Crippen LogP contribution < -0.4 is 29.6 Å². The van der Waals surface area contributed by atoms with Crippen LogP contribution in [0.5, 0.6) is 28.9 Å². The number of methoxy groups -OCH3 is 2. The van der Waals surface area contributed by atoms with E-state index in [0.29, 0.717) is 17.4 Å². The lowest BCUT2D eigenvalue weighted by Gasteiger charge is -2.12. The Labute approximate surface area is 200 Å². The molecule has 0 bridgehead atoms. The Balaban J connectivity index is 1.46. The van der Waals surface area contributed by atoms with Crippen LogP contribution in [0.2, 0.25) is 0 Å². The number of rotatable bonds is 11. The average molecular weight is 487 g/mol. The van der Waals surface area contributed by atoms with E-state index in [-0.39, 0.29) is 30.2 Å². The summed E-state index contributed by atoms with van der Waals surface area (Å²) in [6.07, 6.45) is 1.56. The van der Waals surface area contributed by atoms with E-state index in [9.17, 15) is 18.4 Å². The molecule has 3 aromatic rings. The fourth-order valence-electron chi connectivity index (χ4n) is 2.89. The Bertz CT molecular complexity index is 1160. The van der Waals surface area contributed by atoms with Gasteiger partial charge in [-0.3, -0.25) is 9.59 Å². The number of hydrogen-bond acceptors (Lipinski definition) is 7. The minimum atomic E-state index is -3.03. The summed E-state index contributed by atoms with van der Waals surface area (Å²) in [6, 6.07) is 14.2. The molecule has 0 aliphatic carbocycles.